The van der Waals surface area contributed by atoms with Crippen molar-refractivity contribution in [2.75, 3.05) is 11.9 Å². The summed E-state index contributed by atoms with van der Waals surface area (Å²) in [6.45, 7) is 1.11. The molecule has 0 aliphatic heterocycles. The molecule has 6 heteroatoms. The Kier molecular flexibility index (Phi) is 5.10. The number of ether oxygens (including phenoxy) is 1. The first kappa shape index (κ1) is 18.9. The fourth-order valence-corrected chi connectivity index (χ4v) is 3.59. The molecule has 0 spiro atoms. The van der Waals surface area contributed by atoms with Crippen molar-refractivity contribution < 1.29 is 9.15 Å². The van der Waals surface area contributed by atoms with Crippen LogP contribution in [0, 0.1) is 0 Å². The van der Waals surface area contributed by atoms with Gasteiger partial charge in [0.05, 0.1) is 10.9 Å². The van der Waals surface area contributed by atoms with Gasteiger partial charge in [-0.1, -0.05) is 42.5 Å². The summed E-state index contributed by atoms with van der Waals surface area (Å²) < 4.78 is 11.2. The van der Waals surface area contributed by atoms with E-state index in [9.17, 15) is 4.79 Å². The van der Waals surface area contributed by atoms with E-state index in [2.05, 4.69) is 21.4 Å². The molecule has 2 heterocycles. The Hall–Kier alpha value is -4.06. The normalized spacial score (nSPS) is 11.1. The number of hydrogen-bond donors (Lipinski definition) is 2. The smallest absolute Gasteiger partial charge is 0.348 e. The molecular formula is C25H21N3O3. The lowest BCUT2D eigenvalue weighted by atomic mass is 10.1. The van der Waals surface area contributed by atoms with E-state index in [1.807, 2.05) is 54.7 Å². The van der Waals surface area contributed by atoms with Crippen LogP contribution in [0.25, 0.3) is 21.8 Å². The second-order valence-electron chi connectivity index (χ2n) is 7.30. The molecular weight excluding hydrogens is 390 g/mol. The first-order valence-corrected chi connectivity index (χ1v) is 10.2. The SMILES string of the molecule is O=c1oc(NCCc2c[nH]c3ccc(OCc4ccccc4)cc23)nc2ccccc12. The van der Waals surface area contributed by atoms with E-state index in [0.29, 0.717) is 24.1 Å². The molecule has 5 aromatic rings. The van der Waals surface area contributed by atoms with Crippen molar-refractivity contribution in [1.82, 2.24) is 9.97 Å². The highest BCUT2D eigenvalue weighted by Crippen LogP contribution is 2.25. The van der Waals surface area contributed by atoms with Gasteiger partial charge in [-0.25, -0.2) is 4.79 Å². The molecule has 0 aliphatic rings. The molecule has 0 saturated carbocycles. The number of nitrogens with one attached hydrogen (secondary N) is 2. The molecule has 5 rings (SSSR count). The third-order valence-electron chi connectivity index (χ3n) is 5.19. The number of anilines is 1. The van der Waals surface area contributed by atoms with Crippen LogP contribution in [0.3, 0.4) is 0 Å². The number of hydrogen-bond acceptors (Lipinski definition) is 5. The third-order valence-corrected chi connectivity index (χ3v) is 5.19. The number of para-hydroxylation sites is 1. The molecule has 154 valence electrons. The van der Waals surface area contributed by atoms with E-state index in [1.54, 1.807) is 18.2 Å². The minimum absolute atomic E-state index is 0.232. The number of benzene rings is 3. The average molecular weight is 411 g/mol. The van der Waals surface area contributed by atoms with Gasteiger partial charge in [-0.3, -0.25) is 0 Å². The van der Waals surface area contributed by atoms with E-state index < -0.39 is 0 Å². The Morgan fingerprint density at radius 3 is 2.71 bits per heavy atom. The summed E-state index contributed by atoms with van der Waals surface area (Å²) in [4.78, 5) is 19.8. The number of fused-ring (bicyclic) bond motifs is 2. The summed E-state index contributed by atoms with van der Waals surface area (Å²) in [5, 5.41) is 4.71. The van der Waals surface area contributed by atoms with Gasteiger partial charge in [0.15, 0.2) is 0 Å². The zero-order valence-corrected chi connectivity index (χ0v) is 16.8. The van der Waals surface area contributed by atoms with Crippen LogP contribution in [-0.2, 0) is 13.0 Å². The first-order valence-electron chi connectivity index (χ1n) is 10.2. The van der Waals surface area contributed by atoms with Gasteiger partial charge in [0.2, 0.25) is 0 Å². The molecule has 31 heavy (non-hydrogen) atoms. The predicted molar refractivity (Wildman–Crippen MR) is 122 cm³/mol. The van der Waals surface area contributed by atoms with Gasteiger partial charge in [0.1, 0.15) is 12.4 Å². The van der Waals surface area contributed by atoms with Crippen molar-refractivity contribution in [1.29, 1.82) is 0 Å². The fraction of sp³-hybridized carbons (Fsp3) is 0.120. The highest BCUT2D eigenvalue weighted by molar-refractivity contribution is 5.84. The Morgan fingerprint density at radius 2 is 1.81 bits per heavy atom. The zero-order valence-electron chi connectivity index (χ0n) is 16.8. The van der Waals surface area contributed by atoms with Crippen LogP contribution in [0.2, 0.25) is 0 Å². The minimum Gasteiger partial charge on any atom is -0.489 e. The largest absolute Gasteiger partial charge is 0.489 e. The van der Waals surface area contributed by atoms with Crippen LogP contribution < -0.4 is 15.7 Å². The molecule has 0 amide bonds. The van der Waals surface area contributed by atoms with Gasteiger partial charge in [-0.05, 0) is 47.9 Å². The quantitative estimate of drug-likeness (QED) is 0.398. The van der Waals surface area contributed by atoms with Crippen molar-refractivity contribution in [3.05, 3.63) is 101 Å². The molecule has 0 fully saturated rings. The second kappa shape index (κ2) is 8.36. The summed E-state index contributed by atoms with van der Waals surface area (Å²) >= 11 is 0. The summed E-state index contributed by atoms with van der Waals surface area (Å²) in [5.74, 6) is 0.826. The van der Waals surface area contributed by atoms with Gasteiger partial charge in [-0.15, -0.1) is 0 Å². The maximum absolute atomic E-state index is 12.1. The lowest BCUT2D eigenvalue weighted by molar-refractivity contribution is 0.306. The molecule has 3 aromatic carbocycles. The van der Waals surface area contributed by atoms with Gasteiger partial charge < -0.3 is 19.5 Å². The van der Waals surface area contributed by atoms with Crippen molar-refractivity contribution in [2.24, 2.45) is 0 Å². The van der Waals surface area contributed by atoms with Crippen molar-refractivity contribution in [3.63, 3.8) is 0 Å². The van der Waals surface area contributed by atoms with E-state index >= 15 is 0 Å². The van der Waals surface area contributed by atoms with Crippen molar-refractivity contribution in [2.45, 2.75) is 13.0 Å². The Bertz CT molecular complexity index is 1390. The van der Waals surface area contributed by atoms with Crippen molar-refractivity contribution in [3.8, 4) is 5.75 Å². The predicted octanol–water partition coefficient (Wildman–Crippen LogP) is 4.90. The molecule has 0 unspecified atom stereocenters. The molecule has 2 N–H and O–H groups in total. The molecule has 6 nitrogen and oxygen atoms in total. The zero-order chi connectivity index (χ0) is 21.0. The molecule has 0 saturated heterocycles. The molecule has 0 bridgehead atoms. The maximum Gasteiger partial charge on any atom is 0.348 e. The minimum atomic E-state index is -0.389. The Morgan fingerprint density at radius 1 is 0.968 bits per heavy atom. The van der Waals surface area contributed by atoms with E-state index in [-0.39, 0.29) is 11.6 Å². The monoisotopic (exact) mass is 411 g/mol. The topological polar surface area (TPSA) is 80.2 Å². The Balaban J connectivity index is 1.27. The van der Waals surface area contributed by atoms with E-state index in [1.165, 1.54) is 0 Å². The molecule has 0 atom stereocenters. The molecule has 0 radical (unpaired) electrons. The van der Waals surface area contributed by atoms with Crippen LogP contribution in [0.1, 0.15) is 11.1 Å². The van der Waals surface area contributed by atoms with Gasteiger partial charge in [0.25, 0.3) is 6.01 Å². The van der Waals surface area contributed by atoms with Crippen LogP contribution in [-0.4, -0.2) is 16.5 Å². The Labute approximate surface area is 178 Å². The fourth-order valence-electron chi connectivity index (χ4n) is 3.59. The number of aromatic nitrogens is 2. The highest BCUT2D eigenvalue weighted by Gasteiger charge is 2.08. The third kappa shape index (κ3) is 4.14. The summed E-state index contributed by atoms with van der Waals surface area (Å²) in [7, 11) is 0. The number of H-pyrrole nitrogens is 1. The standard InChI is InChI=1S/C25H21N3O3/c29-24-20-8-4-5-9-23(20)28-25(31-24)26-13-12-18-15-27-22-11-10-19(14-21(18)22)30-16-17-6-2-1-3-7-17/h1-11,14-15,27H,12-13,16H2,(H,26,28). The van der Waals surface area contributed by atoms with Crippen LogP contribution in [0.4, 0.5) is 6.01 Å². The van der Waals surface area contributed by atoms with E-state index in [4.69, 9.17) is 9.15 Å². The van der Waals surface area contributed by atoms with Crippen LogP contribution >= 0.6 is 0 Å². The summed E-state index contributed by atoms with van der Waals surface area (Å²) in [5.41, 5.74) is 3.56. The summed E-state index contributed by atoms with van der Waals surface area (Å²) in [6.07, 6.45) is 2.73. The molecule has 2 aromatic heterocycles. The lowest BCUT2D eigenvalue weighted by Gasteiger charge is -2.07. The summed E-state index contributed by atoms with van der Waals surface area (Å²) in [6, 6.07) is 23.5. The van der Waals surface area contributed by atoms with Gasteiger partial charge in [0, 0.05) is 23.6 Å². The lowest BCUT2D eigenvalue weighted by Crippen LogP contribution is -2.10. The number of aromatic amines is 1. The van der Waals surface area contributed by atoms with Gasteiger partial charge in [-0.2, -0.15) is 4.98 Å². The second-order valence-corrected chi connectivity index (χ2v) is 7.30. The first-order chi connectivity index (χ1) is 15.3. The highest BCUT2D eigenvalue weighted by atomic mass is 16.5. The van der Waals surface area contributed by atoms with E-state index in [0.717, 1.165) is 34.2 Å². The van der Waals surface area contributed by atoms with Gasteiger partial charge >= 0.3 is 5.63 Å². The maximum atomic E-state index is 12.1. The molecule has 0 aliphatic carbocycles. The number of nitrogens with zero attached hydrogens (tertiary/aromatic N) is 1. The van der Waals surface area contributed by atoms with Crippen LogP contribution in [0.5, 0.6) is 5.75 Å². The average Bonchev–Trinajstić information content (AvgIpc) is 3.21. The van der Waals surface area contributed by atoms with Crippen molar-refractivity contribution >= 4 is 27.8 Å². The number of rotatable bonds is 7. The van der Waals surface area contributed by atoms with Crippen LogP contribution in [0.15, 0.2) is 88.2 Å².